The van der Waals surface area contributed by atoms with Gasteiger partial charge in [0.2, 0.25) is 5.91 Å². The molecule has 0 aromatic rings. The summed E-state index contributed by atoms with van der Waals surface area (Å²) < 4.78 is 11.4. The summed E-state index contributed by atoms with van der Waals surface area (Å²) in [5.41, 5.74) is 0. The smallest absolute Gasteiger partial charge is 0.220 e. The molecule has 0 aromatic heterocycles. The molecular weight excluding hydrogens is 1100 g/mol. The van der Waals surface area contributed by atoms with E-state index in [4.69, 9.17) is 9.47 Å². The number of amides is 1. The van der Waals surface area contributed by atoms with E-state index >= 15 is 0 Å². The summed E-state index contributed by atoms with van der Waals surface area (Å²) in [6.07, 6.45) is 92.0. The van der Waals surface area contributed by atoms with Crippen molar-refractivity contribution in [1.29, 1.82) is 0 Å². The topological polar surface area (TPSA) is 149 Å². The fraction of sp³-hybridized carbons (Fsp3) is 0.787. The van der Waals surface area contributed by atoms with Crippen molar-refractivity contribution >= 4 is 5.91 Å². The van der Waals surface area contributed by atoms with Crippen LogP contribution in [0.3, 0.4) is 0 Å². The number of carbonyl (C=O) groups is 1. The van der Waals surface area contributed by atoms with Crippen molar-refractivity contribution in [3.8, 4) is 0 Å². The fourth-order valence-corrected chi connectivity index (χ4v) is 11.8. The maximum absolute atomic E-state index is 13.2. The van der Waals surface area contributed by atoms with Crippen LogP contribution in [0.1, 0.15) is 348 Å². The number of ether oxygens (including phenoxy) is 2. The predicted octanol–water partition coefficient (Wildman–Crippen LogP) is 21.4. The lowest BCUT2D eigenvalue weighted by Gasteiger charge is -2.40. The monoisotopic (exact) mass is 1250 g/mol. The molecular formula is C80H143NO8. The van der Waals surface area contributed by atoms with Crippen LogP contribution in [-0.4, -0.2) is 87.5 Å². The van der Waals surface area contributed by atoms with Crippen molar-refractivity contribution in [1.82, 2.24) is 5.32 Å². The highest BCUT2D eigenvalue weighted by Crippen LogP contribution is 2.24. The Kier molecular flexibility index (Phi) is 64.3. The lowest BCUT2D eigenvalue weighted by Crippen LogP contribution is -2.60. The second-order valence-corrected chi connectivity index (χ2v) is 26.1. The molecule has 1 aliphatic heterocycles. The minimum atomic E-state index is -1.56. The van der Waals surface area contributed by atoms with Gasteiger partial charge in [-0.2, -0.15) is 0 Å². The summed E-state index contributed by atoms with van der Waals surface area (Å²) in [4.78, 5) is 13.2. The Balaban J connectivity index is 2.11. The zero-order chi connectivity index (χ0) is 64.2. The third kappa shape index (κ3) is 56.4. The number of unbranched alkanes of at least 4 members (excludes halogenated alkanes) is 40. The molecule has 7 unspecified atom stereocenters. The molecule has 1 heterocycles. The minimum absolute atomic E-state index is 0.143. The number of allylic oxidation sites excluding steroid dienone is 16. The number of aliphatic hydroxyl groups is 5. The van der Waals surface area contributed by atoms with Crippen molar-refractivity contribution in [3.63, 3.8) is 0 Å². The van der Waals surface area contributed by atoms with Gasteiger partial charge in [0.15, 0.2) is 6.29 Å². The van der Waals surface area contributed by atoms with Crippen molar-refractivity contribution in [2.24, 2.45) is 0 Å². The predicted molar refractivity (Wildman–Crippen MR) is 382 cm³/mol. The maximum atomic E-state index is 13.2. The second kappa shape index (κ2) is 68.0. The molecule has 1 amide bonds. The van der Waals surface area contributed by atoms with E-state index in [1.165, 1.54) is 225 Å². The number of hydrogen-bond acceptors (Lipinski definition) is 8. The van der Waals surface area contributed by atoms with Crippen LogP contribution in [0.4, 0.5) is 0 Å². The number of nitrogens with one attached hydrogen (secondary N) is 1. The van der Waals surface area contributed by atoms with E-state index in [9.17, 15) is 30.3 Å². The average Bonchev–Trinajstić information content (AvgIpc) is 2.28. The molecule has 9 heteroatoms. The van der Waals surface area contributed by atoms with Gasteiger partial charge in [-0.25, -0.2) is 0 Å². The van der Waals surface area contributed by atoms with E-state index in [-0.39, 0.29) is 12.5 Å². The van der Waals surface area contributed by atoms with Crippen molar-refractivity contribution in [2.45, 2.75) is 391 Å². The molecule has 0 aliphatic carbocycles. The molecule has 1 fully saturated rings. The third-order valence-corrected chi connectivity index (χ3v) is 17.7. The van der Waals surface area contributed by atoms with Gasteiger partial charge >= 0.3 is 0 Å². The first-order valence-electron chi connectivity index (χ1n) is 37.9. The van der Waals surface area contributed by atoms with Crippen molar-refractivity contribution in [3.05, 3.63) is 97.2 Å². The minimum Gasteiger partial charge on any atom is -0.394 e. The molecule has 6 N–H and O–H groups in total. The molecule has 1 rings (SSSR count). The Morgan fingerprint density at radius 1 is 0.393 bits per heavy atom. The number of hydrogen-bond donors (Lipinski definition) is 6. The van der Waals surface area contributed by atoms with Crippen LogP contribution in [0.15, 0.2) is 97.2 Å². The van der Waals surface area contributed by atoms with Crippen LogP contribution < -0.4 is 5.32 Å². The molecule has 89 heavy (non-hydrogen) atoms. The van der Waals surface area contributed by atoms with Crippen LogP contribution in [0.2, 0.25) is 0 Å². The molecule has 0 aromatic carbocycles. The first kappa shape index (κ1) is 84.1. The van der Waals surface area contributed by atoms with E-state index in [1.807, 2.05) is 0 Å². The lowest BCUT2D eigenvalue weighted by atomic mass is 9.99. The SMILES string of the molecule is CC/C=C\C/C=C\C/C=C\C/C=C\C/C=C\C/C=C\C/C=C\C/C=C\CCCCCCCCCCCCC(=O)NC(COC1OC(CO)C(O)C(O)C1O)C(O)CCCCCCCCCCCCCCCCCCCCCCCCCCCCCCCCC. The third-order valence-electron chi connectivity index (χ3n) is 17.7. The largest absolute Gasteiger partial charge is 0.394 e. The summed E-state index contributed by atoms with van der Waals surface area (Å²) in [6.45, 7) is 3.76. The molecule has 0 spiro atoms. The number of carbonyl (C=O) groups excluding carboxylic acids is 1. The van der Waals surface area contributed by atoms with Gasteiger partial charge in [0.05, 0.1) is 25.4 Å². The molecule has 1 saturated heterocycles. The molecule has 1 aliphatic rings. The molecule has 516 valence electrons. The van der Waals surface area contributed by atoms with Crippen LogP contribution in [0.5, 0.6) is 0 Å². The lowest BCUT2D eigenvalue weighted by molar-refractivity contribution is -0.302. The standard InChI is InChI=1S/C80H143NO8/c1-3-5-7-9-11-13-15-17-19-21-23-25-27-29-31-33-35-36-37-38-40-42-44-46-48-50-52-54-56-58-60-62-64-66-68-70-76(84)81-73(72-88-80-79(87)78(86)77(85)75(71-82)89-80)74(83)69-67-65-63-61-59-57-55-53-51-49-47-45-43-41-39-34-32-30-28-26-24-22-20-18-16-14-12-10-8-6-4-2/h5,7,11,13,17,19,23,25,29,31,35-36,38,40,44,46,73-75,77-80,82-83,85-87H,3-4,6,8-10,12,14-16,18,20-22,24,26-28,30,32-34,37,39,41-43,45,47-72H2,1-2H3,(H,81,84)/b7-5-,13-11-,19-17-,25-23-,31-29-,36-35-,40-38-,46-44-. The van der Waals surface area contributed by atoms with E-state index in [2.05, 4.69) is 116 Å². The van der Waals surface area contributed by atoms with E-state index in [1.54, 1.807) is 0 Å². The van der Waals surface area contributed by atoms with Gasteiger partial charge < -0.3 is 40.3 Å². The molecule has 7 atom stereocenters. The average molecular weight is 1250 g/mol. The highest BCUT2D eigenvalue weighted by molar-refractivity contribution is 5.76. The van der Waals surface area contributed by atoms with E-state index in [0.717, 1.165) is 96.3 Å². The maximum Gasteiger partial charge on any atom is 0.220 e. The number of aliphatic hydroxyl groups excluding tert-OH is 5. The van der Waals surface area contributed by atoms with Crippen LogP contribution >= 0.6 is 0 Å². The van der Waals surface area contributed by atoms with Gasteiger partial charge in [-0.15, -0.1) is 0 Å². The Hall–Kier alpha value is -2.89. The normalized spacial score (nSPS) is 18.4. The second-order valence-electron chi connectivity index (χ2n) is 26.1. The number of rotatable bonds is 66. The van der Waals surface area contributed by atoms with Gasteiger partial charge in [0, 0.05) is 6.42 Å². The highest BCUT2D eigenvalue weighted by Gasteiger charge is 2.44. The molecule has 0 bridgehead atoms. The summed E-state index contributed by atoms with van der Waals surface area (Å²) in [5, 5.41) is 55.0. The first-order valence-corrected chi connectivity index (χ1v) is 37.9. The zero-order valence-electron chi connectivity index (χ0n) is 57.9. The Morgan fingerprint density at radius 2 is 0.697 bits per heavy atom. The van der Waals surface area contributed by atoms with Gasteiger partial charge in [-0.05, 0) is 77.0 Å². The summed E-state index contributed by atoms with van der Waals surface area (Å²) in [5.74, 6) is -0.148. The zero-order valence-corrected chi connectivity index (χ0v) is 57.9. The summed E-state index contributed by atoms with van der Waals surface area (Å²) in [6, 6.07) is -0.730. The first-order chi connectivity index (χ1) is 43.8. The highest BCUT2D eigenvalue weighted by atomic mass is 16.7. The van der Waals surface area contributed by atoms with Gasteiger partial charge in [-0.3, -0.25) is 4.79 Å². The van der Waals surface area contributed by atoms with Crippen LogP contribution in [0.25, 0.3) is 0 Å². The van der Waals surface area contributed by atoms with E-state index in [0.29, 0.717) is 12.8 Å². The molecule has 0 radical (unpaired) electrons. The fourth-order valence-electron chi connectivity index (χ4n) is 11.8. The molecule has 0 saturated carbocycles. The Labute approximate surface area is 549 Å². The van der Waals surface area contributed by atoms with Gasteiger partial charge in [-0.1, -0.05) is 361 Å². The van der Waals surface area contributed by atoms with E-state index < -0.39 is 49.5 Å². The van der Waals surface area contributed by atoms with Gasteiger partial charge in [0.1, 0.15) is 24.4 Å². The van der Waals surface area contributed by atoms with Crippen molar-refractivity contribution in [2.75, 3.05) is 13.2 Å². The Morgan fingerprint density at radius 3 is 1.03 bits per heavy atom. The van der Waals surface area contributed by atoms with Crippen LogP contribution in [-0.2, 0) is 14.3 Å². The summed E-state index contributed by atoms with van der Waals surface area (Å²) >= 11 is 0. The molecule has 9 nitrogen and oxygen atoms in total. The van der Waals surface area contributed by atoms with Crippen molar-refractivity contribution < 1.29 is 39.8 Å². The van der Waals surface area contributed by atoms with Gasteiger partial charge in [0.25, 0.3) is 0 Å². The quantitative estimate of drug-likeness (QED) is 0.0261. The Bertz CT molecular complexity index is 1730. The van der Waals surface area contributed by atoms with Crippen LogP contribution in [0, 0.1) is 0 Å². The summed E-state index contributed by atoms with van der Waals surface area (Å²) in [7, 11) is 0.